The Bertz CT molecular complexity index is 615. The first-order chi connectivity index (χ1) is 10.1. The first-order valence-corrected chi connectivity index (χ1v) is 8.34. The van der Waals surface area contributed by atoms with Gasteiger partial charge < -0.3 is 15.8 Å². The van der Waals surface area contributed by atoms with Crippen molar-refractivity contribution in [2.45, 2.75) is 44.0 Å². The highest BCUT2D eigenvalue weighted by molar-refractivity contribution is 9.10. The van der Waals surface area contributed by atoms with Crippen LogP contribution in [0, 0.1) is 11.8 Å². The molecule has 1 saturated heterocycles. The number of hydrogen-bond donors (Lipinski definition) is 2. The van der Waals surface area contributed by atoms with E-state index in [1.807, 2.05) is 0 Å². The predicted molar refractivity (Wildman–Crippen MR) is 82.2 cm³/mol. The summed E-state index contributed by atoms with van der Waals surface area (Å²) in [5, 5.41) is 7.60. The number of hydrogen-bond acceptors (Lipinski definition) is 5. The summed E-state index contributed by atoms with van der Waals surface area (Å²) < 4.78 is 7.78. The van der Waals surface area contributed by atoms with Crippen LogP contribution in [-0.2, 0) is 11.3 Å². The van der Waals surface area contributed by atoms with Crippen LogP contribution < -0.4 is 16.6 Å². The molecule has 0 spiro atoms. The fourth-order valence-electron chi connectivity index (χ4n) is 3.35. The van der Waals surface area contributed by atoms with Crippen LogP contribution in [0.4, 0.5) is 5.69 Å². The zero-order chi connectivity index (χ0) is 14.6. The van der Waals surface area contributed by atoms with Crippen LogP contribution in [0.5, 0.6) is 0 Å². The van der Waals surface area contributed by atoms with E-state index in [-0.39, 0.29) is 23.7 Å². The van der Waals surface area contributed by atoms with Crippen LogP contribution in [0.25, 0.3) is 0 Å². The third-order valence-corrected chi connectivity index (χ3v) is 5.65. The number of halogens is 1. The molecular weight excluding hydrogens is 336 g/mol. The Balaban J connectivity index is 1.52. The SMILES string of the molecule is NC1C2CCOC2C1Nc1cnn(CC2CC2)c(=O)c1Br. The van der Waals surface area contributed by atoms with Crippen molar-refractivity contribution < 1.29 is 4.74 Å². The number of anilines is 1. The van der Waals surface area contributed by atoms with Crippen LogP contribution in [0.1, 0.15) is 19.3 Å². The van der Waals surface area contributed by atoms with Crippen molar-refractivity contribution in [1.82, 2.24) is 9.78 Å². The van der Waals surface area contributed by atoms with Gasteiger partial charge in [0.15, 0.2) is 0 Å². The molecule has 3 fully saturated rings. The molecule has 1 aromatic rings. The van der Waals surface area contributed by atoms with Gasteiger partial charge in [-0.2, -0.15) is 5.10 Å². The normalized spacial score (nSPS) is 34.4. The quantitative estimate of drug-likeness (QED) is 0.840. The number of nitrogens with zero attached hydrogens (tertiary/aromatic N) is 2. The number of rotatable bonds is 4. The van der Waals surface area contributed by atoms with Crippen LogP contribution in [0.3, 0.4) is 0 Å². The van der Waals surface area contributed by atoms with E-state index >= 15 is 0 Å². The summed E-state index contributed by atoms with van der Waals surface area (Å²) in [4.78, 5) is 12.3. The average molecular weight is 355 g/mol. The van der Waals surface area contributed by atoms with Crippen molar-refractivity contribution in [2.24, 2.45) is 17.6 Å². The Morgan fingerprint density at radius 1 is 1.48 bits per heavy atom. The molecule has 4 unspecified atom stereocenters. The average Bonchev–Trinajstić information content (AvgIpc) is 3.19. The zero-order valence-electron chi connectivity index (χ0n) is 11.7. The van der Waals surface area contributed by atoms with Gasteiger partial charge >= 0.3 is 0 Å². The highest BCUT2D eigenvalue weighted by Gasteiger charge is 2.52. The summed E-state index contributed by atoms with van der Waals surface area (Å²) in [7, 11) is 0. The monoisotopic (exact) mass is 354 g/mol. The van der Waals surface area contributed by atoms with Crippen molar-refractivity contribution >= 4 is 21.6 Å². The lowest BCUT2D eigenvalue weighted by atomic mass is 9.72. The highest BCUT2D eigenvalue weighted by Crippen LogP contribution is 2.39. The standard InChI is InChI=1S/C14H19BrN4O2/c15-10-9(5-17-19(14(10)20)6-7-1-2-7)18-12-11(16)8-3-4-21-13(8)12/h5,7-8,11-13,18H,1-4,6,16H2. The minimum absolute atomic E-state index is 0.0642. The Labute approximate surface area is 131 Å². The van der Waals surface area contributed by atoms with Crippen LogP contribution in [0.2, 0.25) is 0 Å². The fourth-order valence-corrected chi connectivity index (χ4v) is 3.77. The Kier molecular flexibility index (Phi) is 3.31. The molecule has 0 bridgehead atoms. The number of nitrogens with one attached hydrogen (secondary N) is 1. The summed E-state index contributed by atoms with van der Waals surface area (Å²) >= 11 is 3.40. The predicted octanol–water partition coefficient (Wildman–Crippen LogP) is 0.942. The molecule has 114 valence electrons. The van der Waals surface area contributed by atoms with Gasteiger partial charge in [-0.1, -0.05) is 0 Å². The second-order valence-corrected chi connectivity index (χ2v) is 7.13. The number of ether oxygens (including phenoxy) is 1. The highest BCUT2D eigenvalue weighted by atomic mass is 79.9. The second-order valence-electron chi connectivity index (χ2n) is 6.34. The van der Waals surface area contributed by atoms with Crippen molar-refractivity contribution in [3.05, 3.63) is 21.0 Å². The third kappa shape index (κ3) is 2.31. The molecule has 1 aromatic heterocycles. The van der Waals surface area contributed by atoms with Gasteiger partial charge in [-0.3, -0.25) is 4.79 Å². The Hall–Kier alpha value is -0.920. The largest absolute Gasteiger partial charge is 0.376 e. The molecule has 2 heterocycles. The molecule has 2 saturated carbocycles. The summed E-state index contributed by atoms with van der Waals surface area (Å²) in [5.74, 6) is 1.07. The zero-order valence-corrected chi connectivity index (χ0v) is 13.3. The maximum atomic E-state index is 12.3. The molecule has 1 aliphatic heterocycles. The number of nitrogens with two attached hydrogens (primary N) is 1. The molecule has 0 aromatic carbocycles. The summed E-state index contributed by atoms with van der Waals surface area (Å²) in [5.41, 5.74) is 6.82. The lowest BCUT2D eigenvalue weighted by molar-refractivity contribution is 0.00533. The maximum Gasteiger partial charge on any atom is 0.283 e. The van der Waals surface area contributed by atoms with Crippen LogP contribution >= 0.6 is 15.9 Å². The lowest BCUT2D eigenvalue weighted by Crippen LogP contribution is -2.65. The summed E-state index contributed by atoms with van der Waals surface area (Å²) in [6.45, 7) is 1.50. The lowest BCUT2D eigenvalue weighted by Gasteiger charge is -2.46. The summed E-state index contributed by atoms with van der Waals surface area (Å²) in [6, 6.07) is 0.146. The molecule has 6 nitrogen and oxygen atoms in total. The van der Waals surface area contributed by atoms with Crippen molar-refractivity contribution in [2.75, 3.05) is 11.9 Å². The topological polar surface area (TPSA) is 82.2 Å². The van der Waals surface area contributed by atoms with Gasteiger partial charge in [0.25, 0.3) is 5.56 Å². The van der Waals surface area contributed by atoms with E-state index in [2.05, 4.69) is 26.3 Å². The van der Waals surface area contributed by atoms with Gasteiger partial charge in [-0.05, 0) is 41.1 Å². The first-order valence-electron chi connectivity index (χ1n) is 7.54. The summed E-state index contributed by atoms with van der Waals surface area (Å²) in [6.07, 6.45) is 5.31. The first kappa shape index (κ1) is 13.7. The molecule has 21 heavy (non-hydrogen) atoms. The van der Waals surface area contributed by atoms with Gasteiger partial charge in [-0.25, -0.2) is 4.68 Å². The van der Waals surface area contributed by atoms with Crippen LogP contribution in [0.15, 0.2) is 15.5 Å². The van der Waals surface area contributed by atoms with Gasteiger partial charge in [-0.15, -0.1) is 0 Å². The minimum atomic E-state index is -0.0799. The van der Waals surface area contributed by atoms with E-state index in [0.717, 1.165) is 13.0 Å². The minimum Gasteiger partial charge on any atom is -0.376 e. The molecular formula is C14H19BrN4O2. The molecule has 7 heteroatoms. The van der Waals surface area contributed by atoms with Gasteiger partial charge in [0.2, 0.25) is 0 Å². The molecule has 3 aliphatic rings. The van der Waals surface area contributed by atoms with Crippen molar-refractivity contribution in [3.8, 4) is 0 Å². The molecule has 4 rings (SSSR count). The number of aromatic nitrogens is 2. The van der Waals surface area contributed by atoms with Gasteiger partial charge in [0.05, 0.1) is 24.0 Å². The maximum absolute atomic E-state index is 12.3. The molecule has 3 N–H and O–H groups in total. The van der Waals surface area contributed by atoms with Crippen molar-refractivity contribution in [1.29, 1.82) is 0 Å². The smallest absolute Gasteiger partial charge is 0.283 e. The number of fused-ring (bicyclic) bond motifs is 1. The van der Waals surface area contributed by atoms with E-state index in [4.69, 9.17) is 10.5 Å². The molecule has 2 aliphatic carbocycles. The van der Waals surface area contributed by atoms with E-state index in [0.29, 0.717) is 28.5 Å². The van der Waals surface area contributed by atoms with E-state index in [1.165, 1.54) is 12.8 Å². The molecule has 0 radical (unpaired) electrons. The van der Waals surface area contributed by atoms with Crippen molar-refractivity contribution in [3.63, 3.8) is 0 Å². The molecule has 4 atom stereocenters. The Morgan fingerprint density at radius 2 is 2.29 bits per heavy atom. The van der Waals surface area contributed by atoms with E-state index < -0.39 is 0 Å². The molecule has 0 amide bonds. The van der Waals surface area contributed by atoms with E-state index in [9.17, 15) is 4.79 Å². The van der Waals surface area contributed by atoms with Gasteiger partial charge in [0.1, 0.15) is 4.47 Å². The van der Waals surface area contributed by atoms with Crippen LogP contribution in [-0.4, -0.2) is 34.6 Å². The second kappa shape index (κ2) is 5.07. The third-order valence-electron chi connectivity index (χ3n) is 4.88. The van der Waals surface area contributed by atoms with Gasteiger partial charge in [0, 0.05) is 25.1 Å². The fraction of sp³-hybridized carbons (Fsp3) is 0.714. The Morgan fingerprint density at radius 3 is 3.05 bits per heavy atom. The van der Waals surface area contributed by atoms with E-state index in [1.54, 1.807) is 10.9 Å².